The highest BCUT2D eigenvalue weighted by molar-refractivity contribution is 4.82. The summed E-state index contributed by atoms with van der Waals surface area (Å²) < 4.78 is 12.6. The van der Waals surface area contributed by atoms with Crippen molar-refractivity contribution in [2.45, 2.75) is 167 Å². The third kappa shape index (κ3) is 27.5. The SMILES string of the molecule is CCCCC=CCCCCCCCCOCC(OCCCCCCCCC=CCCCC)C(CCCN)N(C)C. The lowest BCUT2D eigenvalue weighted by atomic mass is 10.0. The molecule has 2 atom stereocenters. The molecule has 40 heavy (non-hydrogen) atoms. The second-order valence-corrected chi connectivity index (χ2v) is 12.0. The van der Waals surface area contributed by atoms with Gasteiger partial charge in [-0.3, -0.25) is 0 Å². The van der Waals surface area contributed by atoms with E-state index in [4.69, 9.17) is 15.2 Å². The number of allylic oxidation sites excluding steroid dienone is 4. The van der Waals surface area contributed by atoms with E-state index in [1.807, 2.05) is 0 Å². The van der Waals surface area contributed by atoms with Crippen molar-refractivity contribution in [2.24, 2.45) is 5.73 Å². The van der Waals surface area contributed by atoms with Gasteiger partial charge in [0.25, 0.3) is 0 Å². The van der Waals surface area contributed by atoms with E-state index in [1.54, 1.807) is 0 Å². The molecule has 4 nitrogen and oxygen atoms in total. The Kier molecular flexibility index (Phi) is 32.3. The van der Waals surface area contributed by atoms with Gasteiger partial charge in [0.15, 0.2) is 0 Å². The van der Waals surface area contributed by atoms with Gasteiger partial charge in [-0.05, 0) is 84.8 Å². The van der Waals surface area contributed by atoms with Crippen molar-refractivity contribution in [3.63, 3.8) is 0 Å². The van der Waals surface area contributed by atoms with Crippen LogP contribution in [-0.2, 0) is 9.47 Å². The van der Waals surface area contributed by atoms with Gasteiger partial charge in [-0.25, -0.2) is 0 Å². The average molecular weight is 565 g/mol. The first-order valence-corrected chi connectivity index (χ1v) is 17.5. The number of hydrogen-bond donors (Lipinski definition) is 1. The van der Waals surface area contributed by atoms with E-state index in [0.29, 0.717) is 12.6 Å². The fourth-order valence-corrected chi connectivity index (χ4v) is 5.17. The van der Waals surface area contributed by atoms with Gasteiger partial charge in [0.2, 0.25) is 0 Å². The molecule has 0 aliphatic heterocycles. The molecule has 0 bridgehead atoms. The summed E-state index contributed by atoms with van der Waals surface area (Å²) in [6, 6.07) is 0.366. The van der Waals surface area contributed by atoms with Crippen molar-refractivity contribution in [3.8, 4) is 0 Å². The number of rotatable bonds is 32. The molecule has 0 aromatic rings. The van der Waals surface area contributed by atoms with Crippen LogP contribution in [0.1, 0.15) is 155 Å². The van der Waals surface area contributed by atoms with E-state index in [0.717, 1.165) is 45.4 Å². The topological polar surface area (TPSA) is 47.7 Å². The number of hydrogen-bond acceptors (Lipinski definition) is 4. The summed E-state index contributed by atoms with van der Waals surface area (Å²) in [7, 11) is 4.33. The Labute approximate surface area is 251 Å². The van der Waals surface area contributed by atoms with Crippen molar-refractivity contribution < 1.29 is 9.47 Å². The highest BCUT2D eigenvalue weighted by Gasteiger charge is 2.24. The molecule has 4 heteroatoms. The molecule has 0 aliphatic carbocycles. The van der Waals surface area contributed by atoms with Gasteiger partial charge in [0.05, 0.1) is 12.7 Å². The molecule has 238 valence electrons. The molecule has 0 spiro atoms. The average Bonchev–Trinajstić information content (AvgIpc) is 2.95. The summed E-state index contributed by atoms with van der Waals surface area (Å²) in [5.74, 6) is 0. The largest absolute Gasteiger partial charge is 0.379 e. The van der Waals surface area contributed by atoms with Crippen molar-refractivity contribution in [1.82, 2.24) is 4.90 Å². The molecule has 0 saturated carbocycles. The van der Waals surface area contributed by atoms with Crippen molar-refractivity contribution in [3.05, 3.63) is 24.3 Å². The lowest BCUT2D eigenvalue weighted by molar-refractivity contribution is -0.0574. The number of nitrogens with zero attached hydrogens (tertiary/aromatic N) is 1. The molecule has 0 fully saturated rings. The third-order valence-electron chi connectivity index (χ3n) is 7.87. The van der Waals surface area contributed by atoms with Crippen molar-refractivity contribution >= 4 is 0 Å². The number of ether oxygens (including phenoxy) is 2. The minimum absolute atomic E-state index is 0.131. The normalized spacial score (nSPS) is 13.8. The lowest BCUT2D eigenvalue weighted by Gasteiger charge is -2.32. The Morgan fingerprint density at radius 2 is 1.02 bits per heavy atom. The zero-order valence-corrected chi connectivity index (χ0v) is 27.7. The molecular weight excluding hydrogens is 492 g/mol. The lowest BCUT2D eigenvalue weighted by Crippen LogP contribution is -2.43. The van der Waals surface area contributed by atoms with Crippen molar-refractivity contribution in [1.29, 1.82) is 0 Å². The van der Waals surface area contributed by atoms with Crippen LogP contribution >= 0.6 is 0 Å². The number of nitrogens with two attached hydrogens (primary N) is 1. The van der Waals surface area contributed by atoms with Crippen LogP contribution < -0.4 is 5.73 Å². The summed E-state index contributed by atoms with van der Waals surface area (Å²) in [6.07, 6.45) is 37.6. The van der Waals surface area contributed by atoms with E-state index < -0.39 is 0 Å². The number of likely N-dealkylation sites (N-methyl/N-ethyl adjacent to an activating group) is 1. The molecule has 2 N–H and O–H groups in total. The quantitative estimate of drug-likeness (QED) is 0.0652. The fourth-order valence-electron chi connectivity index (χ4n) is 5.17. The van der Waals surface area contributed by atoms with Crippen LogP contribution in [-0.4, -0.2) is 57.5 Å². The smallest absolute Gasteiger partial charge is 0.0962 e. The van der Waals surface area contributed by atoms with Crippen LogP contribution in [0.3, 0.4) is 0 Å². The maximum absolute atomic E-state index is 6.45. The molecule has 0 radical (unpaired) electrons. The van der Waals surface area contributed by atoms with Crippen LogP contribution in [0.25, 0.3) is 0 Å². The van der Waals surface area contributed by atoms with E-state index in [9.17, 15) is 0 Å². The fraction of sp³-hybridized carbons (Fsp3) is 0.889. The minimum Gasteiger partial charge on any atom is -0.379 e. The van der Waals surface area contributed by atoms with Gasteiger partial charge in [-0.15, -0.1) is 0 Å². The summed E-state index contributed by atoms with van der Waals surface area (Å²) >= 11 is 0. The number of unbranched alkanes of at least 4 members (excludes halogenated alkanes) is 16. The monoisotopic (exact) mass is 565 g/mol. The zero-order valence-electron chi connectivity index (χ0n) is 27.7. The van der Waals surface area contributed by atoms with Gasteiger partial charge < -0.3 is 20.1 Å². The molecule has 2 unspecified atom stereocenters. The Morgan fingerprint density at radius 1 is 0.575 bits per heavy atom. The Hall–Kier alpha value is -0.680. The van der Waals surface area contributed by atoms with E-state index >= 15 is 0 Å². The first-order valence-electron chi connectivity index (χ1n) is 17.5. The third-order valence-corrected chi connectivity index (χ3v) is 7.87. The summed E-state index contributed by atoms with van der Waals surface area (Å²) in [5, 5.41) is 0. The molecule has 0 saturated heterocycles. The molecule has 0 aromatic heterocycles. The van der Waals surface area contributed by atoms with Crippen LogP contribution in [0.5, 0.6) is 0 Å². The Bertz CT molecular complexity index is 535. The first kappa shape index (κ1) is 39.3. The second-order valence-electron chi connectivity index (χ2n) is 12.0. The predicted octanol–water partition coefficient (Wildman–Crippen LogP) is 10.0. The maximum Gasteiger partial charge on any atom is 0.0962 e. The van der Waals surface area contributed by atoms with Gasteiger partial charge in [0, 0.05) is 19.3 Å². The zero-order chi connectivity index (χ0) is 29.4. The summed E-state index contributed by atoms with van der Waals surface area (Å²) in [5.41, 5.74) is 5.84. The molecular formula is C36H72N2O2. The highest BCUT2D eigenvalue weighted by Crippen LogP contribution is 2.15. The standard InChI is InChI=1S/C36H72N2O2/c1-5-7-9-11-13-15-17-19-21-23-25-27-32-39-34-36(35(38(3)4)30-29-31-37)40-33-28-26-24-22-20-18-16-14-12-10-8-6-2/h11-14,35-36H,5-10,15-34,37H2,1-4H3. The predicted molar refractivity (Wildman–Crippen MR) is 178 cm³/mol. The van der Waals surface area contributed by atoms with Gasteiger partial charge in [-0.2, -0.15) is 0 Å². The summed E-state index contributed by atoms with van der Waals surface area (Å²) in [6.45, 7) is 7.65. The van der Waals surface area contributed by atoms with E-state index in [1.165, 1.54) is 116 Å². The van der Waals surface area contributed by atoms with Gasteiger partial charge in [0.1, 0.15) is 0 Å². The van der Waals surface area contributed by atoms with Crippen molar-refractivity contribution in [2.75, 3.05) is 40.5 Å². The molecule has 0 aliphatic rings. The van der Waals surface area contributed by atoms with Crippen LogP contribution in [0.2, 0.25) is 0 Å². The molecule has 0 heterocycles. The van der Waals surface area contributed by atoms with E-state index in [2.05, 4.69) is 57.1 Å². The Morgan fingerprint density at radius 3 is 1.50 bits per heavy atom. The Balaban J connectivity index is 4.03. The second kappa shape index (κ2) is 32.8. The minimum atomic E-state index is 0.131. The first-order chi connectivity index (χ1) is 19.7. The highest BCUT2D eigenvalue weighted by atomic mass is 16.5. The van der Waals surface area contributed by atoms with Crippen LogP contribution in [0.15, 0.2) is 24.3 Å². The maximum atomic E-state index is 6.45. The van der Waals surface area contributed by atoms with Gasteiger partial charge in [-0.1, -0.05) is 115 Å². The summed E-state index contributed by atoms with van der Waals surface area (Å²) in [4.78, 5) is 2.30. The van der Waals surface area contributed by atoms with Gasteiger partial charge >= 0.3 is 0 Å². The molecule has 0 aromatic carbocycles. The van der Waals surface area contributed by atoms with Crippen LogP contribution in [0, 0.1) is 0 Å². The van der Waals surface area contributed by atoms with E-state index in [-0.39, 0.29) is 6.10 Å². The molecule has 0 amide bonds. The van der Waals surface area contributed by atoms with Crippen LogP contribution in [0.4, 0.5) is 0 Å². The molecule has 0 rings (SSSR count).